The zero-order valence-electron chi connectivity index (χ0n) is 14.5. The van der Waals surface area contributed by atoms with Crippen molar-refractivity contribution in [3.63, 3.8) is 0 Å². The summed E-state index contributed by atoms with van der Waals surface area (Å²) in [4.78, 5) is 12.6. The van der Waals surface area contributed by atoms with Gasteiger partial charge in [-0.3, -0.25) is 4.90 Å². The van der Waals surface area contributed by atoms with Gasteiger partial charge in [-0.25, -0.2) is 0 Å². The van der Waals surface area contributed by atoms with E-state index in [1.165, 1.54) is 0 Å². The molecule has 0 bridgehead atoms. The molecule has 2 aromatic carbocycles. The molecule has 0 aromatic heterocycles. The van der Waals surface area contributed by atoms with Crippen molar-refractivity contribution in [1.82, 2.24) is 4.90 Å². The molecular formula is C20H27NO3. The largest absolute Gasteiger partial charge is 0.490 e. The van der Waals surface area contributed by atoms with E-state index < -0.39 is 6.10 Å². The van der Waals surface area contributed by atoms with Gasteiger partial charge in [-0.15, -0.1) is 0 Å². The minimum atomic E-state index is -0.567. The third-order valence-corrected chi connectivity index (χ3v) is 4.12. The number of carbonyl (C=O) groups is 1. The van der Waals surface area contributed by atoms with Crippen molar-refractivity contribution >= 4 is 17.1 Å². The summed E-state index contributed by atoms with van der Waals surface area (Å²) < 4.78 is 5.85. The zero-order valence-corrected chi connectivity index (χ0v) is 14.5. The first-order chi connectivity index (χ1) is 11.6. The van der Waals surface area contributed by atoms with Crippen molar-refractivity contribution in [3.05, 3.63) is 42.5 Å². The molecule has 0 saturated carbocycles. The van der Waals surface area contributed by atoms with E-state index in [1.54, 1.807) is 0 Å². The number of nitrogens with zero attached hydrogens (tertiary/aromatic N) is 1. The lowest BCUT2D eigenvalue weighted by Gasteiger charge is -2.28. The Labute approximate surface area is 144 Å². The minimum Gasteiger partial charge on any atom is -0.490 e. The van der Waals surface area contributed by atoms with Crippen LogP contribution in [-0.2, 0) is 4.79 Å². The molecular weight excluding hydrogens is 302 g/mol. The van der Waals surface area contributed by atoms with Crippen molar-refractivity contribution in [2.24, 2.45) is 0 Å². The number of aldehydes is 1. The molecule has 0 saturated heterocycles. The summed E-state index contributed by atoms with van der Waals surface area (Å²) in [5, 5.41) is 12.5. The van der Waals surface area contributed by atoms with Gasteiger partial charge in [0.25, 0.3) is 0 Å². The normalized spacial score (nSPS) is 12.7. The van der Waals surface area contributed by atoms with Gasteiger partial charge in [0.15, 0.2) is 0 Å². The monoisotopic (exact) mass is 329 g/mol. The molecule has 2 aromatic rings. The predicted octanol–water partition coefficient (Wildman–Crippen LogP) is 3.27. The van der Waals surface area contributed by atoms with Crippen LogP contribution >= 0.6 is 0 Å². The van der Waals surface area contributed by atoms with Crippen LogP contribution in [0.1, 0.15) is 26.7 Å². The third kappa shape index (κ3) is 5.32. The highest BCUT2D eigenvalue weighted by Crippen LogP contribution is 2.25. The molecule has 1 unspecified atom stereocenters. The van der Waals surface area contributed by atoms with Crippen LogP contribution in [0.5, 0.6) is 5.75 Å². The summed E-state index contributed by atoms with van der Waals surface area (Å²) in [6.07, 6.45) is 1.76. The molecule has 0 aliphatic rings. The molecule has 0 heterocycles. The Hall–Kier alpha value is -1.91. The molecule has 4 nitrogen and oxygen atoms in total. The lowest BCUT2D eigenvalue weighted by atomic mass is 10.1. The highest BCUT2D eigenvalue weighted by atomic mass is 16.5. The molecule has 1 N–H and O–H groups in total. The number of aliphatic hydroxyl groups excluding tert-OH is 1. The van der Waals surface area contributed by atoms with Crippen molar-refractivity contribution < 1.29 is 14.6 Å². The van der Waals surface area contributed by atoms with Crippen LogP contribution in [0, 0.1) is 0 Å². The average Bonchev–Trinajstić information content (AvgIpc) is 2.59. The highest BCUT2D eigenvalue weighted by Gasteiger charge is 2.15. The lowest BCUT2D eigenvalue weighted by Crippen LogP contribution is -2.40. The Balaban J connectivity index is 1.91. The van der Waals surface area contributed by atoms with Crippen LogP contribution in [0.15, 0.2) is 42.5 Å². The number of rotatable bonds is 10. The van der Waals surface area contributed by atoms with Crippen LogP contribution < -0.4 is 4.74 Å². The van der Waals surface area contributed by atoms with E-state index >= 15 is 0 Å². The van der Waals surface area contributed by atoms with E-state index in [0.29, 0.717) is 19.0 Å². The molecule has 4 heteroatoms. The maximum Gasteiger partial charge on any atom is 0.127 e. The van der Waals surface area contributed by atoms with Gasteiger partial charge in [0.2, 0.25) is 0 Å². The van der Waals surface area contributed by atoms with Crippen molar-refractivity contribution in [2.45, 2.75) is 38.8 Å². The second-order valence-corrected chi connectivity index (χ2v) is 6.34. The first-order valence-electron chi connectivity index (χ1n) is 8.58. The fourth-order valence-corrected chi connectivity index (χ4v) is 2.77. The molecule has 2 rings (SSSR count). The summed E-state index contributed by atoms with van der Waals surface area (Å²) in [5.74, 6) is 0.796. The van der Waals surface area contributed by atoms with E-state index in [2.05, 4.69) is 18.7 Å². The fraction of sp³-hybridized carbons (Fsp3) is 0.450. The maximum atomic E-state index is 10.5. The molecule has 0 aliphatic carbocycles. The molecule has 24 heavy (non-hydrogen) atoms. The number of fused-ring (bicyclic) bond motifs is 1. The number of hydrogen-bond donors (Lipinski definition) is 1. The number of ether oxygens (including phenoxy) is 1. The summed E-state index contributed by atoms with van der Waals surface area (Å²) in [7, 11) is 0. The molecule has 0 fully saturated rings. The Morgan fingerprint density at radius 3 is 2.67 bits per heavy atom. The standard InChI is InChI=1S/C20H27NO3/c1-16(2)21(12-5-6-13-22)14-18(23)15-24-20-11-7-9-17-8-3-4-10-19(17)20/h3-4,7-11,13,16,18,23H,5-6,12,14-15H2,1-2H3. The molecule has 0 spiro atoms. The van der Waals surface area contributed by atoms with E-state index in [0.717, 1.165) is 35.8 Å². The smallest absolute Gasteiger partial charge is 0.127 e. The summed E-state index contributed by atoms with van der Waals surface area (Å²) in [6.45, 7) is 5.80. The third-order valence-electron chi connectivity index (χ3n) is 4.12. The predicted molar refractivity (Wildman–Crippen MR) is 97.5 cm³/mol. The van der Waals surface area contributed by atoms with Gasteiger partial charge in [-0.2, -0.15) is 0 Å². The van der Waals surface area contributed by atoms with E-state index in [9.17, 15) is 9.90 Å². The van der Waals surface area contributed by atoms with Crippen LogP contribution in [0.25, 0.3) is 10.8 Å². The SMILES string of the molecule is CC(C)N(CCCC=O)CC(O)COc1cccc2ccccc12. The average molecular weight is 329 g/mol. The van der Waals surface area contributed by atoms with Crippen molar-refractivity contribution in [3.8, 4) is 5.75 Å². The Morgan fingerprint density at radius 1 is 1.17 bits per heavy atom. The molecule has 130 valence electrons. The first kappa shape index (κ1) is 18.4. The number of aliphatic hydroxyl groups is 1. The Morgan fingerprint density at radius 2 is 1.92 bits per heavy atom. The number of benzene rings is 2. The lowest BCUT2D eigenvalue weighted by molar-refractivity contribution is -0.108. The van der Waals surface area contributed by atoms with E-state index in [1.807, 2.05) is 42.5 Å². The van der Waals surface area contributed by atoms with Gasteiger partial charge in [-0.1, -0.05) is 36.4 Å². The fourth-order valence-electron chi connectivity index (χ4n) is 2.77. The number of unbranched alkanes of at least 4 members (excludes halogenated alkanes) is 1. The van der Waals surface area contributed by atoms with Gasteiger partial charge < -0.3 is 14.6 Å². The summed E-state index contributed by atoms with van der Waals surface area (Å²) in [6, 6.07) is 14.3. The molecule has 0 aliphatic heterocycles. The molecule has 1 atom stereocenters. The first-order valence-corrected chi connectivity index (χ1v) is 8.58. The topological polar surface area (TPSA) is 49.8 Å². The van der Waals surface area contributed by atoms with Gasteiger partial charge >= 0.3 is 0 Å². The van der Waals surface area contributed by atoms with Crippen LogP contribution in [0.3, 0.4) is 0 Å². The number of hydrogen-bond acceptors (Lipinski definition) is 4. The number of carbonyl (C=O) groups excluding carboxylic acids is 1. The van der Waals surface area contributed by atoms with E-state index in [-0.39, 0.29) is 6.61 Å². The summed E-state index contributed by atoms with van der Waals surface area (Å²) in [5.41, 5.74) is 0. The van der Waals surface area contributed by atoms with Crippen molar-refractivity contribution in [2.75, 3.05) is 19.7 Å². The van der Waals surface area contributed by atoms with Crippen molar-refractivity contribution in [1.29, 1.82) is 0 Å². The zero-order chi connectivity index (χ0) is 17.4. The summed E-state index contributed by atoms with van der Waals surface area (Å²) >= 11 is 0. The van der Waals surface area contributed by atoms with E-state index in [4.69, 9.17) is 4.74 Å². The quantitative estimate of drug-likeness (QED) is 0.537. The Kier molecular flexibility index (Phi) is 7.22. The van der Waals surface area contributed by atoms with Gasteiger partial charge in [0.05, 0.1) is 0 Å². The van der Waals surface area contributed by atoms with Gasteiger partial charge in [0.1, 0.15) is 24.7 Å². The minimum absolute atomic E-state index is 0.255. The molecule has 0 radical (unpaired) electrons. The van der Waals surface area contributed by atoms with Gasteiger partial charge in [0, 0.05) is 24.4 Å². The van der Waals surface area contributed by atoms with Gasteiger partial charge in [-0.05, 0) is 38.3 Å². The van der Waals surface area contributed by atoms with Crippen LogP contribution in [0.2, 0.25) is 0 Å². The molecule has 0 amide bonds. The van der Waals surface area contributed by atoms with Crippen LogP contribution in [0.4, 0.5) is 0 Å². The second-order valence-electron chi connectivity index (χ2n) is 6.34. The highest BCUT2D eigenvalue weighted by molar-refractivity contribution is 5.88. The second kappa shape index (κ2) is 9.40. The Bertz CT molecular complexity index is 636. The maximum absolute atomic E-state index is 10.5. The van der Waals surface area contributed by atoms with Crippen LogP contribution in [-0.4, -0.2) is 48.1 Å².